The van der Waals surface area contributed by atoms with E-state index in [4.69, 9.17) is 0 Å². The summed E-state index contributed by atoms with van der Waals surface area (Å²) < 4.78 is 1.03. The largest absolute Gasteiger partial charge is 0.306 e. The number of nitrogens with zero attached hydrogens (tertiary/aromatic N) is 1. The SMILES string of the molecule is Cc1cc(Br)ccc1-c1nc2c(c(=O)[nH]1)CSCC2. The molecule has 5 heteroatoms. The Labute approximate surface area is 124 Å². The minimum Gasteiger partial charge on any atom is -0.306 e. The molecular weight excluding hydrogens is 324 g/mol. The molecule has 0 aliphatic carbocycles. The number of aromatic amines is 1. The average molecular weight is 337 g/mol. The molecule has 0 saturated carbocycles. The van der Waals surface area contributed by atoms with Crippen molar-refractivity contribution in [3.63, 3.8) is 0 Å². The molecular formula is C14H13BrN2OS. The fraction of sp³-hybridized carbons (Fsp3) is 0.286. The summed E-state index contributed by atoms with van der Waals surface area (Å²) >= 11 is 5.24. The van der Waals surface area contributed by atoms with E-state index in [1.54, 1.807) is 11.8 Å². The first-order valence-corrected chi connectivity index (χ1v) is 8.06. The molecule has 1 aromatic heterocycles. The van der Waals surface area contributed by atoms with E-state index in [2.05, 4.69) is 25.9 Å². The molecule has 2 heterocycles. The fourth-order valence-corrected chi connectivity index (χ4v) is 3.72. The van der Waals surface area contributed by atoms with E-state index >= 15 is 0 Å². The highest BCUT2D eigenvalue weighted by atomic mass is 79.9. The summed E-state index contributed by atoms with van der Waals surface area (Å²) in [4.78, 5) is 19.7. The zero-order valence-corrected chi connectivity index (χ0v) is 12.9. The van der Waals surface area contributed by atoms with Crippen molar-refractivity contribution in [3.8, 4) is 11.4 Å². The topological polar surface area (TPSA) is 45.8 Å². The molecule has 0 radical (unpaired) electrons. The molecule has 3 nitrogen and oxygen atoms in total. The van der Waals surface area contributed by atoms with Crippen LogP contribution >= 0.6 is 27.7 Å². The Balaban J connectivity index is 2.15. The van der Waals surface area contributed by atoms with Crippen molar-refractivity contribution >= 4 is 27.7 Å². The summed E-state index contributed by atoms with van der Waals surface area (Å²) in [5, 5.41) is 0. The van der Waals surface area contributed by atoms with Crippen LogP contribution in [0.4, 0.5) is 0 Å². The number of H-pyrrole nitrogens is 1. The van der Waals surface area contributed by atoms with E-state index < -0.39 is 0 Å². The molecule has 0 atom stereocenters. The first kappa shape index (κ1) is 12.9. The van der Waals surface area contributed by atoms with E-state index in [1.165, 1.54) is 0 Å². The van der Waals surface area contributed by atoms with Crippen molar-refractivity contribution < 1.29 is 0 Å². The van der Waals surface area contributed by atoms with E-state index in [0.717, 1.165) is 44.8 Å². The normalized spacial score (nSPS) is 14.2. The van der Waals surface area contributed by atoms with Crippen molar-refractivity contribution in [1.29, 1.82) is 0 Å². The molecule has 0 unspecified atom stereocenters. The van der Waals surface area contributed by atoms with Crippen LogP contribution in [-0.2, 0) is 12.2 Å². The Hall–Kier alpha value is -1.07. The van der Waals surface area contributed by atoms with Crippen LogP contribution in [0.25, 0.3) is 11.4 Å². The van der Waals surface area contributed by atoms with E-state index in [0.29, 0.717) is 5.82 Å². The molecule has 1 aromatic carbocycles. The molecule has 2 aromatic rings. The second-order valence-corrected chi connectivity index (χ2v) is 6.62. The molecule has 19 heavy (non-hydrogen) atoms. The first-order chi connectivity index (χ1) is 9.15. The van der Waals surface area contributed by atoms with Crippen molar-refractivity contribution in [2.45, 2.75) is 19.1 Å². The fourth-order valence-electron chi connectivity index (χ4n) is 2.26. The minimum absolute atomic E-state index is 0.00881. The van der Waals surface area contributed by atoms with E-state index in [1.807, 2.05) is 25.1 Å². The minimum atomic E-state index is 0.00881. The maximum Gasteiger partial charge on any atom is 0.255 e. The predicted molar refractivity (Wildman–Crippen MR) is 82.6 cm³/mol. The van der Waals surface area contributed by atoms with Gasteiger partial charge in [-0.1, -0.05) is 15.9 Å². The number of hydrogen-bond donors (Lipinski definition) is 1. The summed E-state index contributed by atoms with van der Waals surface area (Å²) in [5.41, 5.74) is 3.90. The molecule has 0 spiro atoms. The number of thioether (sulfide) groups is 1. The predicted octanol–water partition coefficient (Wildman–Crippen LogP) is 3.30. The third-order valence-corrected chi connectivity index (χ3v) is 4.75. The highest BCUT2D eigenvalue weighted by Gasteiger charge is 2.17. The zero-order valence-electron chi connectivity index (χ0n) is 10.5. The van der Waals surface area contributed by atoms with Gasteiger partial charge in [-0.05, 0) is 42.9 Å². The number of fused-ring (bicyclic) bond motifs is 1. The smallest absolute Gasteiger partial charge is 0.255 e. The van der Waals surface area contributed by atoms with Crippen LogP contribution in [-0.4, -0.2) is 15.7 Å². The summed E-state index contributed by atoms with van der Waals surface area (Å²) in [6.07, 6.45) is 0.881. The number of aromatic nitrogens is 2. The molecule has 0 fully saturated rings. The average Bonchev–Trinajstić information content (AvgIpc) is 2.38. The Morgan fingerprint density at radius 1 is 1.42 bits per heavy atom. The van der Waals surface area contributed by atoms with Gasteiger partial charge in [-0.15, -0.1) is 0 Å². The van der Waals surface area contributed by atoms with Crippen molar-refractivity contribution in [2.75, 3.05) is 5.75 Å². The lowest BCUT2D eigenvalue weighted by atomic mass is 10.1. The van der Waals surface area contributed by atoms with Gasteiger partial charge in [0.15, 0.2) is 0 Å². The molecule has 0 saturated heterocycles. The van der Waals surface area contributed by atoms with Gasteiger partial charge in [0.2, 0.25) is 0 Å². The quantitative estimate of drug-likeness (QED) is 0.869. The lowest BCUT2D eigenvalue weighted by molar-refractivity contribution is 0.937. The molecule has 3 rings (SSSR count). The van der Waals surface area contributed by atoms with Gasteiger partial charge in [0.1, 0.15) is 5.82 Å². The number of benzene rings is 1. The second-order valence-electron chi connectivity index (χ2n) is 4.60. The molecule has 1 N–H and O–H groups in total. The van der Waals surface area contributed by atoms with Gasteiger partial charge in [-0.2, -0.15) is 11.8 Å². The van der Waals surface area contributed by atoms with Gasteiger partial charge < -0.3 is 4.98 Å². The Bertz CT molecular complexity index is 696. The number of nitrogens with one attached hydrogen (secondary N) is 1. The number of halogens is 1. The summed E-state index contributed by atoms with van der Waals surface area (Å²) in [6, 6.07) is 5.99. The van der Waals surface area contributed by atoms with Gasteiger partial charge >= 0.3 is 0 Å². The standard InChI is InChI=1S/C14H13BrN2OS/c1-8-6-9(15)2-3-10(8)13-16-12-4-5-19-7-11(12)14(18)17-13/h2-3,6H,4-5,7H2,1H3,(H,16,17,18). The molecule has 0 bridgehead atoms. The Morgan fingerprint density at radius 3 is 3.05 bits per heavy atom. The van der Waals surface area contributed by atoms with Crippen LogP contribution in [0, 0.1) is 6.92 Å². The van der Waals surface area contributed by atoms with Crippen LogP contribution in [0.1, 0.15) is 16.8 Å². The Kier molecular flexibility index (Phi) is 3.50. The van der Waals surface area contributed by atoms with Gasteiger partial charge in [0.05, 0.1) is 5.69 Å². The van der Waals surface area contributed by atoms with Crippen LogP contribution < -0.4 is 5.56 Å². The van der Waals surface area contributed by atoms with Gasteiger partial charge in [0.25, 0.3) is 5.56 Å². The highest BCUT2D eigenvalue weighted by Crippen LogP contribution is 2.25. The van der Waals surface area contributed by atoms with Crippen LogP contribution in [0.15, 0.2) is 27.5 Å². The zero-order chi connectivity index (χ0) is 13.4. The van der Waals surface area contributed by atoms with Crippen molar-refractivity contribution in [3.05, 3.63) is 49.8 Å². The van der Waals surface area contributed by atoms with Crippen LogP contribution in [0.3, 0.4) is 0 Å². The summed E-state index contributed by atoms with van der Waals surface area (Å²) in [5.74, 6) is 2.50. The molecule has 1 aliphatic rings. The lowest BCUT2D eigenvalue weighted by Gasteiger charge is -2.15. The third kappa shape index (κ3) is 2.49. The van der Waals surface area contributed by atoms with Crippen LogP contribution in [0.5, 0.6) is 0 Å². The van der Waals surface area contributed by atoms with E-state index in [-0.39, 0.29) is 5.56 Å². The lowest BCUT2D eigenvalue weighted by Crippen LogP contribution is -2.21. The summed E-state index contributed by atoms with van der Waals surface area (Å²) in [7, 11) is 0. The van der Waals surface area contributed by atoms with Gasteiger partial charge in [-0.25, -0.2) is 4.98 Å². The maximum absolute atomic E-state index is 12.1. The first-order valence-electron chi connectivity index (χ1n) is 6.11. The number of hydrogen-bond acceptors (Lipinski definition) is 3. The van der Waals surface area contributed by atoms with Gasteiger partial charge in [0, 0.05) is 21.4 Å². The highest BCUT2D eigenvalue weighted by molar-refractivity contribution is 9.10. The second kappa shape index (κ2) is 5.13. The van der Waals surface area contributed by atoms with Crippen molar-refractivity contribution in [2.24, 2.45) is 0 Å². The maximum atomic E-state index is 12.1. The molecule has 98 valence electrons. The number of rotatable bonds is 1. The monoisotopic (exact) mass is 336 g/mol. The molecule has 1 aliphatic heterocycles. The third-order valence-electron chi connectivity index (χ3n) is 3.27. The van der Waals surface area contributed by atoms with Crippen LogP contribution in [0.2, 0.25) is 0 Å². The van der Waals surface area contributed by atoms with Gasteiger partial charge in [-0.3, -0.25) is 4.79 Å². The van der Waals surface area contributed by atoms with Crippen molar-refractivity contribution in [1.82, 2.24) is 9.97 Å². The molecule has 0 amide bonds. The number of aryl methyl sites for hydroxylation is 2. The Morgan fingerprint density at radius 2 is 2.26 bits per heavy atom. The summed E-state index contributed by atoms with van der Waals surface area (Å²) in [6.45, 7) is 2.02. The van der Waals surface area contributed by atoms with E-state index in [9.17, 15) is 4.79 Å².